The van der Waals surface area contributed by atoms with Crippen LogP contribution in [0.3, 0.4) is 0 Å². The van der Waals surface area contributed by atoms with Crippen molar-refractivity contribution in [3.05, 3.63) is 18.5 Å². The maximum atomic E-state index is 11.6. The van der Waals surface area contributed by atoms with Crippen molar-refractivity contribution < 1.29 is 8.42 Å². The molecular weight excluding hydrogens is 276 g/mol. The Labute approximate surface area is 119 Å². The number of pyridine rings is 1. The minimum atomic E-state index is -2.80. The second-order valence-electron chi connectivity index (χ2n) is 5.51. The number of rotatable bonds is 2. The molecule has 6 nitrogen and oxygen atoms in total. The number of nitrogens with two attached hydrogens (primary N) is 1. The lowest BCUT2D eigenvalue weighted by Crippen LogP contribution is -2.50. The molecule has 1 aromatic heterocycles. The molecule has 0 amide bonds. The summed E-state index contributed by atoms with van der Waals surface area (Å²) in [6, 6.07) is 2.14. The van der Waals surface area contributed by atoms with Gasteiger partial charge in [-0.05, 0) is 12.5 Å². The lowest BCUT2D eigenvalue weighted by atomic mass is 10.2. The van der Waals surface area contributed by atoms with E-state index in [0.717, 1.165) is 38.3 Å². The average molecular weight is 296 g/mol. The molecule has 2 N–H and O–H groups in total. The van der Waals surface area contributed by atoms with Crippen LogP contribution >= 0.6 is 0 Å². The highest BCUT2D eigenvalue weighted by Crippen LogP contribution is 2.25. The number of aromatic nitrogens is 1. The average Bonchev–Trinajstić information content (AvgIpc) is 2.80. The third-order valence-electron chi connectivity index (χ3n) is 4.21. The summed E-state index contributed by atoms with van der Waals surface area (Å²) < 4.78 is 23.1. The van der Waals surface area contributed by atoms with E-state index in [9.17, 15) is 8.42 Å². The van der Waals surface area contributed by atoms with E-state index in [-0.39, 0.29) is 6.04 Å². The Morgan fingerprint density at radius 1 is 1.25 bits per heavy atom. The number of piperazine rings is 1. The summed E-state index contributed by atoms with van der Waals surface area (Å²) in [7, 11) is -2.80. The molecule has 1 aromatic rings. The first-order valence-electron chi connectivity index (χ1n) is 6.94. The first-order valence-corrected chi connectivity index (χ1v) is 8.76. The van der Waals surface area contributed by atoms with Crippen LogP contribution in [-0.2, 0) is 9.84 Å². The molecular formula is C13H20N4O2S. The standard InChI is InChI=1S/C13H20N4O2S/c14-12-9-15-3-1-13(12)17-6-4-16(5-7-17)11-2-8-20(18,19)10-11/h1,3,9,11H,2,4-8,10,14H2. The highest BCUT2D eigenvalue weighted by molar-refractivity contribution is 7.91. The van der Waals surface area contributed by atoms with Crippen LogP contribution in [0.1, 0.15) is 6.42 Å². The molecule has 20 heavy (non-hydrogen) atoms. The maximum Gasteiger partial charge on any atom is 0.151 e. The van der Waals surface area contributed by atoms with Crippen molar-refractivity contribution in [1.29, 1.82) is 0 Å². The summed E-state index contributed by atoms with van der Waals surface area (Å²) >= 11 is 0. The second-order valence-corrected chi connectivity index (χ2v) is 7.74. The van der Waals surface area contributed by atoms with E-state index in [4.69, 9.17) is 5.73 Å². The summed E-state index contributed by atoms with van der Waals surface area (Å²) in [5.74, 6) is 0.666. The normalized spacial score (nSPS) is 26.8. The number of nitrogens with zero attached hydrogens (tertiary/aromatic N) is 3. The highest BCUT2D eigenvalue weighted by Gasteiger charge is 2.33. The van der Waals surface area contributed by atoms with Gasteiger partial charge in [0.05, 0.1) is 29.1 Å². The van der Waals surface area contributed by atoms with Crippen molar-refractivity contribution in [2.45, 2.75) is 12.5 Å². The van der Waals surface area contributed by atoms with E-state index in [1.54, 1.807) is 12.4 Å². The predicted octanol–water partition coefficient (Wildman–Crippen LogP) is -0.0271. The Balaban J connectivity index is 1.62. The Morgan fingerprint density at radius 2 is 2.00 bits per heavy atom. The quantitative estimate of drug-likeness (QED) is 0.826. The van der Waals surface area contributed by atoms with Crippen LogP contribution < -0.4 is 10.6 Å². The smallest absolute Gasteiger partial charge is 0.151 e. The van der Waals surface area contributed by atoms with Crippen molar-refractivity contribution in [2.75, 3.05) is 48.3 Å². The molecule has 0 radical (unpaired) electrons. The van der Waals surface area contributed by atoms with Gasteiger partial charge in [0.25, 0.3) is 0 Å². The van der Waals surface area contributed by atoms with Crippen LogP contribution in [0.2, 0.25) is 0 Å². The van der Waals surface area contributed by atoms with Crippen molar-refractivity contribution in [2.24, 2.45) is 0 Å². The maximum absolute atomic E-state index is 11.6. The van der Waals surface area contributed by atoms with Crippen molar-refractivity contribution >= 4 is 21.2 Å². The first-order chi connectivity index (χ1) is 9.55. The van der Waals surface area contributed by atoms with Gasteiger partial charge < -0.3 is 10.6 Å². The highest BCUT2D eigenvalue weighted by atomic mass is 32.2. The number of nitrogen functional groups attached to an aromatic ring is 1. The SMILES string of the molecule is Nc1cnccc1N1CCN(C2CCS(=O)(=O)C2)CC1. The van der Waals surface area contributed by atoms with E-state index in [2.05, 4.69) is 14.8 Å². The molecule has 0 aliphatic carbocycles. The van der Waals surface area contributed by atoms with Crippen LogP contribution in [0.5, 0.6) is 0 Å². The molecule has 0 aromatic carbocycles. The topological polar surface area (TPSA) is 79.5 Å². The predicted molar refractivity (Wildman–Crippen MR) is 79.5 cm³/mol. The minimum absolute atomic E-state index is 0.205. The molecule has 2 fully saturated rings. The van der Waals surface area contributed by atoms with E-state index >= 15 is 0 Å². The van der Waals surface area contributed by atoms with Crippen LogP contribution in [0, 0.1) is 0 Å². The number of anilines is 2. The summed E-state index contributed by atoms with van der Waals surface area (Å²) in [4.78, 5) is 8.56. The second kappa shape index (κ2) is 5.21. The zero-order valence-corrected chi connectivity index (χ0v) is 12.2. The summed E-state index contributed by atoms with van der Waals surface area (Å²) in [5, 5.41) is 0. The molecule has 2 saturated heterocycles. The molecule has 3 heterocycles. The van der Waals surface area contributed by atoms with Gasteiger partial charge in [0, 0.05) is 38.4 Å². The lowest BCUT2D eigenvalue weighted by Gasteiger charge is -2.39. The fourth-order valence-electron chi connectivity index (χ4n) is 3.08. The lowest BCUT2D eigenvalue weighted by molar-refractivity contribution is 0.200. The fourth-order valence-corrected chi connectivity index (χ4v) is 4.84. The molecule has 110 valence electrons. The monoisotopic (exact) mass is 296 g/mol. The molecule has 0 saturated carbocycles. The van der Waals surface area contributed by atoms with E-state index in [1.807, 2.05) is 6.07 Å². The van der Waals surface area contributed by atoms with Gasteiger partial charge in [0.2, 0.25) is 0 Å². The molecule has 3 rings (SSSR count). The van der Waals surface area contributed by atoms with Gasteiger partial charge in [-0.1, -0.05) is 0 Å². The Hall–Kier alpha value is -1.34. The molecule has 2 aliphatic heterocycles. The summed E-state index contributed by atoms with van der Waals surface area (Å²) in [6.45, 7) is 3.54. The largest absolute Gasteiger partial charge is 0.396 e. The van der Waals surface area contributed by atoms with E-state index in [0.29, 0.717) is 17.2 Å². The summed E-state index contributed by atoms with van der Waals surface area (Å²) in [5.41, 5.74) is 7.67. The minimum Gasteiger partial charge on any atom is -0.396 e. The van der Waals surface area contributed by atoms with Crippen molar-refractivity contribution in [3.8, 4) is 0 Å². The molecule has 1 atom stereocenters. The van der Waals surface area contributed by atoms with Gasteiger partial charge in [-0.2, -0.15) is 0 Å². The van der Waals surface area contributed by atoms with Crippen LogP contribution in [-0.4, -0.2) is 62.0 Å². The van der Waals surface area contributed by atoms with Gasteiger partial charge in [-0.25, -0.2) is 8.42 Å². The van der Waals surface area contributed by atoms with Crippen LogP contribution in [0.4, 0.5) is 11.4 Å². The Kier molecular flexibility index (Phi) is 3.55. The number of sulfone groups is 1. The zero-order valence-electron chi connectivity index (χ0n) is 11.4. The molecule has 2 aliphatic rings. The van der Waals surface area contributed by atoms with Crippen LogP contribution in [0.25, 0.3) is 0 Å². The third-order valence-corrected chi connectivity index (χ3v) is 5.96. The molecule has 0 bridgehead atoms. The van der Waals surface area contributed by atoms with Crippen molar-refractivity contribution in [3.63, 3.8) is 0 Å². The number of hydrogen-bond acceptors (Lipinski definition) is 6. The van der Waals surface area contributed by atoms with Crippen LogP contribution in [0.15, 0.2) is 18.5 Å². The Morgan fingerprint density at radius 3 is 2.60 bits per heavy atom. The summed E-state index contributed by atoms with van der Waals surface area (Å²) in [6.07, 6.45) is 4.20. The Bertz CT molecular complexity index is 582. The fraction of sp³-hybridized carbons (Fsp3) is 0.615. The van der Waals surface area contributed by atoms with Crippen molar-refractivity contribution in [1.82, 2.24) is 9.88 Å². The van der Waals surface area contributed by atoms with Gasteiger partial charge in [0.1, 0.15) is 0 Å². The van der Waals surface area contributed by atoms with E-state index in [1.165, 1.54) is 0 Å². The third kappa shape index (κ3) is 2.73. The van der Waals surface area contributed by atoms with Gasteiger partial charge in [-0.15, -0.1) is 0 Å². The molecule has 1 unspecified atom stereocenters. The van der Waals surface area contributed by atoms with E-state index < -0.39 is 9.84 Å². The van der Waals surface area contributed by atoms with Gasteiger partial charge in [-0.3, -0.25) is 9.88 Å². The molecule has 0 spiro atoms. The van der Waals surface area contributed by atoms with Gasteiger partial charge in [0.15, 0.2) is 9.84 Å². The zero-order chi connectivity index (χ0) is 14.2. The van der Waals surface area contributed by atoms with Gasteiger partial charge >= 0.3 is 0 Å². The first kappa shape index (κ1) is 13.6. The number of hydrogen-bond donors (Lipinski definition) is 1. The molecule has 7 heteroatoms.